The van der Waals surface area contributed by atoms with Crippen molar-refractivity contribution in [1.29, 1.82) is 0 Å². The molecule has 1 amide bonds. The van der Waals surface area contributed by atoms with E-state index in [-0.39, 0.29) is 12.1 Å². The summed E-state index contributed by atoms with van der Waals surface area (Å²) in [5.41, 5.74) is 1.87. The molecule has 0 radical (unpaired) electrons. The summed E-state index contributed by atoms with van der Waals surface area (Å²) < 4.78 is 8.08. The van der Waals surface area contributed by atoms with Gasteiger partial charge in [-0.1, -0.05) is 19.3 Å². The summed E-state index contributed by atoms with van der Waals surface area (Å²) in [5, 5.41) is 1.19. The van der Waals surface area contributed by atoms with Gasteiger partial charge in [0.15, 0.2) is 0 Å². The number of piperazine rings is 1. The first kappa shape index (κ1) is 23.2. The van der Waals surface area contributed by atoms with Crippen LogP contribution in [0.15, 0.2) is 12.5 Å². The Balaban J connectivity index is 1.48. The highest BCUT2D eigenvalue weighted by Crippen LogP contribution is 2.41. The molecule has 2 aromatic heterocycles. The van der Waals surface area contributed by atoms with E-state index in [9.17, 15) is 4.79 Å². The van der Waals surface area contributed by atoms with E-state index in [1.165, 1.54) is 56.0 Å². The molecule has 2 aromatic rings. The summed E-state index contributed by atoms with van der Waals surface area (Å²) in [6, 6.07) is 0.667. The lowest BCUT2D eigenvalue weighted by Gasteiger charge is -2.41. The van der Waals surface area contributed by atoms with Crippen LogP contribution in [0.2, 0.25) is 0 Å². The second kappa shape index (κ2) is 9.27. The minimum absolute atomic E-state index is 0.142. The molecule has 186 valence electrons. The molecule has 0 spiro atoms. The van der Waals surface area contributed by atoms with Gasteiger partial charge in [-0.2, -0.15) is 0 Å². The predicted octanol–water partition coefficient (Wildman–Crippen LogP) is 4.98. The Morgan fingerprint density at radius 2 is 1.74 bits per heavy atom. The molecule has 2 aliphatic heterocycles. The summed E-state index contributed by atoms with van der Waals surface area (Å²) >= 11 is 0. The number of aromatic nitrogens is 3. The molecule has 0 aromatic carbocycles. The summed E-state index contributed by atoms with van der Waals surface area (Å²) in [5.74, 6) is 1.01. The fourth-order valence-corrected chi connectivity index (χ4v) is 5.87. The lowest BCUT2D eigenvalue weighted by molar-refractivity contribution is 0.0218. The van der Waals surface area contributed by atoms with E-state index in [0.29, 0.717) is 19.1 Å². The first-order valence-corrected chi connectivity index (χ1v) is 13.2. The van der Waals surface area contributed by atoms with E-state index in [4.69, 9.17) is 14.7 Å². The minimum Gasteiger partial charge on any atom is -0.444 e. The SMILES string of the molecule is C[C@H]1CN(C(=O)OC(C)(C)C)CCN1c1ncnc2c1c(N1CCCC1)cn2C1CCCCC1. The molecule has 1 saturated carbocycles. The average molecular weight is 469 g/mol. The molecule has 8 heteroatoms. The molecule has 34 heavy (non-hydrogen) atoms. The Kier molecular flexibility index (Phi) is 6.34. The van der Waals surface area contributed by atoms with Crippen LogP contribution in [0.3, 0.4) is 0 Å². The number of hydrogen-bond acceptors (Lipinski definition) is 6. The lowest BCUT2D eigenvalue weighted by Crippen LogP contribution is -2.54. The van der Waals surface area contributed by atoms with E-state index in [1.54, 1.807) is 6.33 Å². The van der Waals surface area contributed by atoms with Gasteiger partial charge in [0.05, 0.1) is 11.1 Å². The number of anilines is 2. The van der Waals surface area contributed by atoms with Crippen LogP contribution in [0, 0.1) is 0 Å². The molecule has 0 bridgehead atoms. The third-order valence-electron chi connectivity index (χ3n) is 7.54. The quantitative estimate of drug-likeness (QED) is 0.633. The topological polar surface area (TPSA) is 66.7 Å². The molecule has 0 N–H and O–H groups in total. The van der Waals surface area contributed by atoms with Gasteiger partial charge in [0.25, 0.3) is 0 Å². The molecule has 0 unspecified atom stereocenters. The number of hydrogen-bond donors (Lipinski definition) is 0. The van der Waals surface area contributed by atoms with Gasteiger partial charge in [-0.3, -0.25) is 0 Å². The average Bonchev–Trinajstić information content (AvgIpc) is 3.46. The maximum atomic E-state index is 12.7. The number of nitrogens with zero attached hydrogens (tertiary/aromatic N) is 6. The van der Waals surface area contributed by atoms with E-state index >= 15 is 0 Å². The predicted molar refractivity (Wildman–Crippen MR) is 136 cm³/mol. The van der Waals surface area contributed by atoms with Crippen molar-refractivity contribution in [3.63, 3.8) is 0 Å². The van der Waals surface area contributed by atoms with Crippen molar-refractivity contribution in [2.45, 2.75) is 90.3 Å². The van der Waals surface area contributed by atoms with E-state index < -0.39 is 5.60 Å². The zero-order valence-corrected chi connectivity index (χ0v) is 21.3. The Morgan fingerprint density at radius 3 is 2.41 bits per heavy atom. The first-order valence-electron chi connectivity index (χ1n) is 13.2. The van der Waals surface area contributed by atoms with E-state index in [0.717, 1.165) is 31.1 Å². The maximum absolute atomic E-state index is 12.7. The normalized spacial score (nSPS) is 22.6. The number of rotatable bonds is 3. The van der Waals surface area contributed by atoms with E-state index in [2.05, 4.69) is 27.5 Å². The van der Waals surface area contributed by atoms with Gasteiger partial charge in [-0.25, -0.2) is 14.8 Å². The Hall–Kier alpha value is -2.51. The number of amides is 1. The number of carbonyl (C=O) groups excluding carboxylic acids is 1. The largest absolute Gasteiger partial charge is 0.444 e. The fourth-order valence-electron chi connectivity index (χ4n) is 5.87. The van der Waals surface area contributed by atoms with Gasteiger partial charge in [0, 0.05) is 51.0 Å². The zero-order valence-electron chi connectivity index (χ0n) is 21.3. The second-order valence-corrected chi connectivity index (χ2v) is 11.3. The molecular weight excluding hydrogens is 428 g/mol. The minimum atomic E-state index is -0.483. The zero-order chi connectivity index (χ0) is 23.9. The Morgan fingerprint density at radius 1 is 1.00 bits per heavy atom. The van der Waals surface area contributed by atoms with Crippen LogP contribution >= 0.6 is 0 Å². The number of ether oxygens (including phenoxy) is 1. The van der Waals surface area contributed by atoms with Crippen LogP contribution in [-0.4, -0.2) is 69.9 Å². The molecule has 1 aliphatic carbocycles. The van der Waals surface area contributed by atoms with Crippen LogP contribution < -0.4 is 9.80 Å². The van der Waals surface area contributed by atoms with Crippen molar-refractivity contribution in [2.24, 2.45) is 0 Å². The summed E-state index contributed by atoms with van der Waals surface area (Å²) in [6.45, 7) is 12.1. The number of carbonyl (C=O) groups is 1. The molecule has 5 rings (SSSR count). The van der Waals surface area contributed by atoms with Crippen molar-refractivity contribution in [3.8, 4) is 0 Å². The monoisotopic (exact) mass is 468 g/mol. The summed E-state index contributed by atoms with van der Waals surface area (Å²) in [6.07, 6.45) is 12.7. The third kappa shape index (κ3) is 4.56. The standard InChI is InChI=1S/C26H40N6O2/c1-19-16-30(25(33)34-26(2,3)4)14-15-31(19)23-22-21(29-12-8-9-13-29)17-32(24(22)28-18-27-23)20-10-6-5-7-11-20/h17-20H,5-16H2,1-4H3/t19-/m0/s1. The maximum Gasteiger partial charge on any atom is 0.410 e. The highest BCUT2D eigenvalue weighted by Gasteiger charge is 2.33. The molecule has 3 fully saturated rings. The smallest absolute Gasteiger partial charge is 0.410 e. The van der Waals surface area contributed by atoms with E-state index in [1.807, 2.05) is 25.7 Å². The molecule has 8 nitrogen and oxygen atoms in total. The summed E-state index contributed by atoms with van der Waals surface area (Å²) in [4.78, 5) is 29.1. The Bertz CT molecular complexity index is 1020. The number of fused-ring (bicyclic) bond motifs is 1. The van der Waals surface area contributed by atoms with Crippen LogP contribution in [0.1, 0.15) is 78.7 Å². The first-order chi connectivity index (χ1) is 16.3. The van der Waals surface area contributed by atoms with Gasteiger partial charge in [-0.15, -0.1) is 0 Å². The van der Waals surface area contributed by atoms with Crippen LogP contribution in [0.4, 0.5) is 16.3 Å². The van der Waals surface area contributed by atoms with Crippen LogP contribution in [0.5, 0.6) is 0 Å². The fraction of sp³-hybridized carbons (Fsp3) is 0.731. The lowest BCUT2D eigenvalue weighted by atomic mass is 9.95. The van der Waals surface area contributed by atoms with Gasteiger partial charge < -0.3 is 24.0 Å². The van der Waals surface area contributed by atoms with Crippen LogP contribution in [0.25, 0.3) is 11.0 Å². The van der Waals surface area contributed by atoms with Gasteiger partial charge in [0.2, 0.25) is 0 Å². The highest BCUT2D eigenvalue weighted by molar-refractivity contribution is 6.00. The highest BCUT2D eigenvalue weighted by atomic mass is 16.6. The van der Waals surface area contributed by atoms with Gasteiger partial charge in [-0.05, 0) is 53.4 Å². The molecule has 3 aliphatic rings. The van der Waals surface area contributed by atoms with Crippen molar-refractivity contribution in [2.75, 3.05) is 42.5 Å². The molecule has 1 atom stereocenters. The Labute approximate surface area is 203 Å². The third-order valence-corrected chi connectivity index (χ3v) is 7.54. The van der Waals surface area contributed by atoms with Gasteiger partial charge in [0.1, 0.15) is 23.4 Å². The van der Waals surface area contributed by atoms with Crippen molar-refractivity contribution in [3.05, 3.63) is 12.5 Å². The van der Waals surface area contributed by atoms with Crippen molar-refractivity contribution >= 4 is 28.6 Å². The van der Waals surface area contributed by atoms with Crippen molar-refractivity contribution in [1.82, 2.24) is 19.4 Å². The second-order valence-electron chi connectivity index (χ2n) is 11.3. The molecule has 4 heterocycles. The van der Waals surface area contributed by atoms with Crippen LogP contribution in [-0.2, 0) is 4.74 Å². The molecular formula is C26H40N6O2. The molecule has 2 saturated heterocycles. The van der Waals surface area contributed by atoms with Gasteiger partial charge >= 0.3 is 6.09 Å². The van der Waals surface area contributed by atoms with Crippen molar-refractivity contribution < 1.29 is 9.53 Å². The summed E-state index contributed by atoms with van der Waals surface area (Å²) in [7, 11) is 0.